The van der Waals surface area contributed by atoms with Crippen molar-refractivity contribution in [3.8, 4) is 0 Å². The summed E-state index contributed by atoms with van der Waals surface area (Å²) in [7, 11) is 0. The molecule has 88 valence electrons. The van der Waals surface area contributed by atoms with E-state index in [0.29, 0.717) is 5.57 Å². The van der Waals surface area contributed by atoms with E-state index in [1.54, 1.807) is 0 Å². The zero-order valence-corrected chi connectivity index (χ0v) is 9.20. The van der Waals surface area contributed by atoms with Crippen LogP contribution in [0.4, 0.5) is 22.7 Å². The first-order valence-corrected chi connectivity index (χ1v) is 4.89. The second-order valence-electron chi connectivity index (χ2n) is 3.93. The molecular formula is C11H12N4O2. The van der Waals surface area contributed by atoms with E-state index in [-0.39, 0.29) is 45.4 Å². The van der Waals surface area contributed by atoms with E-state index in [0.717, 1.165) is 0 Å². The topological polar surface area (TPSA) is 138 Å². The SMILES string of the molecule is CC1=CC(=O)c2c(N)c(N)c(N)c(N)c2C1=O. The molecule has 8 N–H and O–H groups in total. The van der Waals surface area contributed by atoms with E-state index in [9.17, 15) is 9.59 Å². The fraction of sp³-hybridized carbons (Fsp3) is 0.0909. The number of ketones is 2. The number of fused-ring (bicyclic) bond motifs is 1. The number of nitrogens with two attached hydrogens (primary N) is 4. The fourth-order valence-electron chi connectivity index (χ4n) is 1.85. The standard InChI is InChI=1S/C11H12N4O2/c1-3-2-4(16)5-6(11(3)17)8(13)10(15)9(14)7(5)12/h2H,12-15H2,1H3. The molecule has 17 heavy (non-hydrogen) atoms. The number of anilines is 4. The highest BCUT2D eigenvalue weighted by Crippen LogP contribution is 2.39. The van der Waals surface area contributed by atoms with Gasteiger partial charge in [0.2, 0.25) is 0 Å². The summed E-state index contributed by atoms with van der Waals surface area (Å²) in [6.45, 7) is 1.53. The summed E-state index contributed by atoms with van der Waals surface area (Å²) in [5, 5.41) is 0. The molecule has 6 heteroatoms. The molecule has 0 aromatic heterocycles. The van der Waals surface area contributed by atoms with Crippen LogP contribution in [0.15, 0.2) is 11.6 Å². The van der Waals surface area contributed by atoms with Gasteiger partial charge in [-0.25, -0.2) is 0 Å². The van der Waals surface area contributed by atoms with Crippen LogP contribution in [-0.2, 0) is 0 Å². The highest BCUT2D eigenvalue weighted by atomic mass is 16.1. The van der Waals surface area contributed by atoms with Gasteiger partial charge in [0.25, 0.3) is 0 Å². The molecule has 0 bridgehead atoms. The van der Waals surface area contributed by atoms with Gasteiger partial charge >= 0.3 is 0 Å². The first-order chi connectivity index (χ1) is 7.86. The molecule has 0 heterocycles. The van der Waals surface area contributed by atoms with Crippen molar-refractivity contribution in [2.45, 2.75) is 6.92 Å². The first kappa shape index (κ1) is 11.0. The minimum absolute atomic E-state index is 0.00815. The van der Waals surface area contributed by atoms with E-state index in [4.69, 9.17) is 22.9 Å². The largest absolute Gasteiger partial charge is 0.396 e. The Hall–Kier alpha value is -2.50. The number of nitrogen functional groups attached to an aromatic ring is 4. The molecule has 0 fully saturated rings. The molecule has 0 saturated heterocycles. The van der Waals surface area contributed by atoms with Crippen LogP contribution >= 0.6 is 0 Å². The summed E-state index contributed by atoms with van der Waals surface area (Å²) < 4.78 is 0. The molecule has 1 aromatic carbocycles. The third kappa shape index (κ3) is 1.27. The average molecular weight is 232 g/mol. The van der Waals surface area contributed by atoms with Gasteiger partial charge in [0.05, 0.1) is 33.9 Å². The van der Waals surface area contributed by atoms with Crippen LogP contribution in [0.5, 0.6) is 0 Å². The summed E-state index contributed by atoms with van der Waals surface area (Å²) in [4.78, 5) is 23.8. The number of benzene rings is 1. The summed E-state index contributed by atoms with van der Waals surface area (Å²) in [5.74, 6) is -0.733. The Morgan fingerprint density at radius 3 is 1.82 bits per heavy atom. The molecular weight excluding hydrogens is 220 g/mol. The van der Waals surface area contributed by atoms with Gasteiger partial charge in [-0.05, 0) is 13.0 Å². The first-order valence-electron chi connectivity index (χ1n) is 4.89. The lowest BCUT2D eigenvalue weighted by atomic mass is 9.86. The maximum atomic E-state index is 11.9. The molecule has 0 radical (unpaired) electrons. The van der Waals surface area contributed by atoms with Crippen molar-refractivity contribution >= 4 is 34.3 Å². The van der Waals surface area contributed by atoms with Crippen LogP contribution < -0.4 is 22.9 Å². The maximum Gasteiger partial charge on any atom is 0.191 e. The van der Waals surface area contributed by atoms with Crippen molar-refractivity contribution in [2.24, 2.45) is 0 Å². The highest BCUT2D eigenvalue weighted by molar-refractivity contribution is 6.30. The summed E-state index contributed by atoms with van der Waals surface area (Å²) >= 11 is 0. The Morgan fingerprint density at radius 2 is 1.29 bits per heavy atom. The highest BCUT2D eigenvalue weighted by Gasteiger charge is 2.30. The maximum absolute atomic E-state index is 11.9. The van der Waals surface area contributed by atoms with Gasteiger partial charge in [-0.1, -0.05) is 0 Å². The number of carbonyl (C=O) groups excluding carboxylic acids is 2. The Labute approximate surface area is 97.2 Å². The number of hydrogen-bond donors (Lipinski definition) is 4. The lowest BCUT2D eigenvalue weighted by Gasteiger charge is -2.20. The molecule has 2 rings (SSSR count). The zero-order valence-electron chi connectivity index (χ0n) is 9.20. The molecule has 0 atom stereocenters. The lowest BCUT2D eigenvalue weighted by Crippen LogP contribution is -2.22. The molecule has 6 nitrogen and oxygen atoms in total. The smallest absolute Gasteiger partial charge is 0.191 e. The van der Waals surface area contributed by atoms with Crippen molar-refractivity contribution < 1.29 is 9.59 Å². The monoisotopic (exact) mass is 232 g/mol. The van der Waals surface area contributed by atoms with Gasteiger partial charge in [0.15, 0.2) is 11.6 Å². The van der Waals surface area contributed by atoms with Crippen LogP contribution in [-0.4, -0.2) is 11.6 Å². The number of hydrogen-bond acceptors (Lipinski definition) is 6. The Kier molecular flexibility index (Phi) is 2.10. The Balaban J connectivity index is 2.93. The second-order valence-corrected chi connectivity index (χ2v) is 3.93. The van der Waals surface area contributed by atoms with E-state index >= 15 is 0 Å². The molecule has 0 unspecified atom stereocenters. The van der Waals surface area contributed by atoms with Gasteiger partial charge in [-0.15, -0.1) is 0 Å². The molecule has 1 aromatic rings. The summed E-state index contributed by atoms with van der Waals surface area (Å²) in [6, 6.07) is 0. The van der Waals surface area contributed by atoms with Crippen molar-refractivity contribution in [2.75, 3.05) is 22.9 Å². The van der Waals surface area contributed by atoms with Crippen molar-refractivity contribution in [3.63, 3.8) is 0 Å². The Morgan fingerprint density at radius 1 is 0.824 bits per heavy atom. The predicted molar refractivity (Wildman–Crippen MR) is 66.5 cm³/mol. The van der Waals surface area contributed by atoms with E-state index in [2.05, 4.69) is 0 Å². The molecule has 0 saturated carbocycles. The van der Waals surface area contributed by atoms with Crippen LogP contribution in [0, 0.1) is 0 Å². The second kappa shape index (κ2) is 3.24. The third-order valence-electron chi connectivity index (χ3n) is 2.84. The number of Topliss-reactive ketones (excluding diaryl/α,β-unsaturated/α-hetero) is 1. The fourth-order valence-corrected chi connectivity index (χ4v) is 1.85. The van der Waals surface area contributed by atoms with Crippen molar-refractivity contribution in [1.82, 2.24) is 0 Å². The molecule has 1 aliphatic rings. The molecule has 1 aliphatic carbocycles. The summed E-state index contributed by atoms with van der Waals surface area (Å²) in [5.41, 5.74) is 23.2. The molecule has 0 aliphatic heterocycles. The molecule has 0 amide bonds. The lowest BCUT2D eigenvalue weighted by molar-refractivity contribution is 0.0986. The third-order valence-corrected chi connectivity index (χ3v) is 2.84. The van der Waals surface area contributed by atoms with Crippen LogP contribution in [0.25, 0.3) is 0 Å². The number of rotatable bonds is 0. The normalized spacial score (nSPS) is 14.5. The van der Waals surface area contributed by atoms with Crippen LogP contribution in [0.1, 0.15) is 27.6 Å². The van der Waals surface area contributed by atoms with Crippen LogP contribution in [0.2, 0.25) is 0 Å². The van der Waals surface area contributed by atoms with E-state index in [1.165, 1.54) is 13.0 Å². The van der Waals surface area contributed by atoms with Crippen molar-refractivity contribution in [1.29, 1.82) is 0 Å². The number of allylic oxidation sites excluding steroid dienone is 2. The predicted octanol–water partition coefficient (Wildman–Crippen LogP) is 0.341. The van der Waals surface area contributed by atoms with E-state index < -0.39 is 0 Å². The van der Waals surface area contributed by atoms with Gasteiger partial charge < -0.3 is 22.9 Å². The Bertz CT molecular complexity index is 602. The van der Waals surface area contributed by atoms with Crippen molar-refractivity contribution in [3.05, 3.63) is 22.8 Å². The van der Waals surface area contributed by atoms with Crippen LogP contribution in [0.3, 0.4) is 0 Å². The minimum Gasteiger partial charge on any atom is -0.396 e. The zero-order chi connectivity index (χ0) is 12.9. The van der Waals surface area contributed by atoms with Gasteiger partial charge in [-0.3, -0.25) is 9.59 Å². The van der Waals surface area contributed by atoms with Gasteiger partial charge in [-0.2, -0.15) is 0 Å². The average Bonchev–Trinajstić information content (AvgIpc) is 2.28. The quantitative estimate of drug-likeness (QED) is 0.476. The summed E-state index contributed by atoms with van der Waals surface area (Å²) in [6.07, 6.45) is 1.22. The molecule has 0 spiro atoms. The minimum atomic E-state index is -0.381. The van der Waals surface area contributed by atoms with E-state index in [1.807, 2.05) is 0 Å². The number of carbonyl (C=O) groups is 2. The van der Waals surface area contributed by atoms with Gasteiger partial charge in [0.1, 0.15) is 0 Å². The van der Waals surface area contributed by atoms with Gasteiger partial charge in [0, 0.05) is 5.57 Å².